The normalized spacial score (nSPS) is 17.8. The van der Waals surface area contributed by atoms with E-state index in [-0.39, 0.29) is 18.5 Å². The molecule has 1 N–H and O–H groups in total. The van der Waals surface area contributed by atoms with Crippen molar-refractivity contribution in [1.29, 1.82) is 0 Å². The lowest BCUT2D eigenvalue weighted by atomic mass is 9.94. The van der Waals surface area contributed by atoms with Gasteiger partial charge in [0, 0.05) is 18.9 Å². The molecule has 0 aromatic heterocycles. The molecule has 1 aliphatic heterocycles. The van der Waals surface area contributed by atoms with Crippen LogP contribution < -0.4 is 5.11 Å². The fourth-order valence-electron chi connectivity index (χ4n) is 2.87. The number of nitrogens with zero attached hydrogens (tertiary/aromatic N) is 1. The highest BCUT2D eigenvalue weighted by Crippen LogP contribution is 2.38. The van der Waals surface area contributed by atoms with Gasteiger partial charge in [0.25, 0.3) is 5.91 Å². The van der Waals surface area contributed by atoms with E-state index in [0.29, 0.717) is 11.5 Å². The van der Waals surface area contributed by atoms with Crippen molar-refractivity contribution in [3.8, 4) is 0 Å². The van der Waals surface area contributed by atoms with Gasteiger partial charge in [0.2, 0.25) is 0 Å². The summed E-state index contributed by atoms with van der Waals surface area (Å²) in [6.07, 6.45) is -0.370. The predicted octanol–water partition coefficient (Wildman–Crippen LogP) is 1.23. The number of hydrogen-bond donors (Lipinski definition) is 1. The van der Waals surface area contributed by atoms with Crippen LogP contribution in [0.25, 0.3) is 0 Å². The summed E-state index contributed by atoms with van der Waals surface area (Å²) in [7, 11) is 0. The average molecular weight is 330 g/mol. The van der Waals surface area contributed by atoms with E-state index in [1.807, 2.05) is 26.0 Å². The summed E-state index contributed by atoms with van der Waals surface area (Å²) in [5.41, 5.74) is 1.75. The molecular formula is C18H20NO5-. The minimum atomic E-state index is -1.30. The van der Waals surface area contributed by atoms with Gasteiger partial charge in [-0.3, -0.25) is 9.59 Å². The van der Waals surface area contributed by atoms with Gasteiger partial charge in [-0.05, 0) is 24.0 Å². The van der Waals surface area contributed by atoms with Crippen LogP contribution in [0.5, 0.6) is 0 Å². The third-order valence-electron chi connectivity index (χ3n) is 4.16. The summed E-state index contributed by atoms with van der Waals surface area (Å²) in [4.78, 5) is 36.1. The molecular weight excluding hydrogens is 310 g/mol. The minimum Gasteiger partial charge on any atom is -0.550 e. The lowest BCUT2D eigenvalue weighted by molar-refractivity contribution is -0.305. The molecule has 1 aromatic rings. The Morgan fingerprint density at radius 1 is 1.25 bits per heavy atom. The molecule has 0 spiro atoms. The zero-order valence-electron chi connectivity index (χ0n) is 13.9. The Bertz CT molecular complexity index is 703. The summed E-state index contributed by atoms with van der Waals surface area (Å²) in [6.45, 7) is 5.23. The number of benzene rings is 1. The van der Waals surface area contributed by atoms with E-state index in [0.717, 1.165) is 5.56 Å². The van der Waals surface area contributed by atoms with Gasteiger partial charge in [0.15, 0.2) is 11.5 Å². The second-order valence-corrected chi connectivity index (χ2v) is 6.16. The summed E-state index contributed by atoms with van der Waals surface area (Å²) >= 11 is 0. The van der Waals surface area contributed by atoms with Crippen LogP contribution in [-0.4, -0.2) is 34.2 Å². The number of Topliss-reactive ketones (excluding diaryl/α,β-unsaturated/α-hetero) is 1. The largest absolute Gasteiger partial charge is 0.550 e. The molecule has 0 saturated carbocycles. The van der Waals surface area contributed by atoms with Gasteiger partial charge in [-0.1, -0.05) is 38.1 Å². The van der Waals surface area contributed by atoms with Gasteiger partial charge in [-0.15, -0.1) is 0 Å². The molecule has 1 unspecified atom stereocenters. The molecule has 0 radical (unpaired) electrons. The SMILES string of the molecule is CC(=O)C1=C(O)C(=O)N(CCC(=O)[O-])C1c1ccc(C(C)C)cc1. The third-order valence-corrected chi connectivity index (χ3v) is 4.16. The molecule has 1 amide bonds. The molecule has 1 aliphatic rings. The van der Waals surface area contributed by atoms with Gasteiger partial charge in [0.1, 0.15) is 0 Å². The lowest BCUT2D eigenvalue weighted by Crippen LogP contribution is -2.35. The zero-order valence-corrected chi connectivity index (χ0v) is 13.9. The molecule has 6 nitrogen and oxygen atoms in total. The van der Waals surface area contributed by atoms with Crippen molar-refractivity contribution in [3.63, 3.8) is 0 Å². The molecule has 6 heteroatoms. The van der Waals surface area contributed by atoms with Crippen molar-refractivity contribution in [2.45, 2.75) is 39.2 Å². The van der Waals surface area contributed by atoms with Crippen molar-refractivity contribution in [3.05, 3.63) is 46.7 Å². The van der Waals surface area contributed by atoms with E-state index in [9.17, 15) is 24.6 Å². The Morgan fingerprint density at radius 3 is 2.29 bits per heavy atom. The Labute approximate surface area is 140 Å². The third kappa shape index (κ3) is 3.32. The number of hydrogen-bond acceptors (Lipinski definition) is 5. The van der Waals surface area contributed by atoms with E-state index in [1.54, 1.807) is 12.1 Å². The van der Waals surface area contributed by atoms with Crippen LogP contribution in [0.3, 0.4) is 0 Å². The van der Waals surface area contributed by atoms with E-state index < -0.39 is 29.5 Å². The molecule has 0 fully saturated rings. The minimum absolute atomic E-state index is 0.00403. The molecule has 24 heavy (non-hydrogen) atoms. The maximum atomic E-state index is 12.2. The average Bonchev–Trinajstić information content (AvgIpc) is 2.77. The maximum absolute atomic E-state index is 12.2. The van der Waals surface area contributed by atoms with Crippen molar-refractivity contribution in [2.24, 2.45) is 0 Å². The highest BCUT2D eigenvalue weighted by molar-refractivity contribution is 6.08. The van der Waals surface area contributed by atoms with Gasteiger partial charge >= 0.3 is 0 Å². The first-order valence-electron chi connectivity index (χ1n) is 7.78. The van der Waals surface area contributed by atoms with Crippen molar-refractivity contribution >= 4 is 17.7 Å². The first-order chi connectivity index (χ1) is 11.2. The van der Waals surface area contributed by atoms with Crippen LogP contribution in [0.4, 0.5) is 0 Å². The van der Waals surface area contributed by atoms with E-state index in [2.05, 4.69) is 0 Å². The quantitative estimate of drug-likeness (QED) is 0.846. The van der Waals surface area contributed by atoms with Gasteiger partial charge in [-0.25, -0.2) is 0 Å². The predicted molar refractivity (Wildman–Crippen MR) is 84.9 cm³/mol. The highest BCUT2D eigenvalue weighted by Gasteiger charge is 2.41. The van der Waals surface area contributed by atoms with Crippen LogP contribution in [0.15, 0.2) is 35.6 Å². The number of aliphatic hydroxyl groups is 1. The van der Waals surface area contributed by atoms with Crippen LogP contribution in [0, 0.1) is 0 Å². The summed E-state index contributed by atoms with van der Waals surface area (Å²) in [6, 6.07) is 6.60. The van der Waals surface area contributed by atoms with Gasteiger partial charge in [0.05, 0.1) is 11.6 Å². The number of carboxylic acid groups (broad SMARTS) is 1. The molecule has 0 saturated heterocycles. The smallest absolute Gasteiger partial charge is 0.290 e. The first kappa shape index (κ1) is 17.7. The fourth-order valence-corrected chi connectivity index (χ4v) is 2.87. The van der Waals surface area contributed by atoms with Gasteiger partial charge in [-0.2, -0.15) is 0 Å². The molecule has 1 heterocycles. The molecule has 0 bridgehead atoms. The first-order valence-corrected chi connectivity index (χ1v) is 7.78. The molecule has 0 aliphatic carbocycles. The Hall–Kier alpha value is -2.63. The Kier molecular flexibility index (Phi) is 5.07. The lowest BCUT2D eigenvalue weighted by Gasteiger charge is -2.27. The molecule has 1 atom stereocenters. The van der Waals surface area contributed by atoms with Crippen LogP contribution >= 0.6 is 0 Å². The monoisotopic (exact) mass is 330 g/mol. The van der Waals surface area contributed by atoms with Crippen LogP contribution in [-0.2, 0) is 14.4 Å². The summed E-state index contributed by atoms with van der Waals surface area (Å²) < 4.78 is 0. The fraction of sp³-hybridized carbons (Fsp3) is 0.389. The number of carbonyl (C=O) groups is 3. The number of ketones is 1. The molecule has 2 rings (SSSR count). The second kappa shape index (κ2) is 6.86. The molecule has 128 valence electrons. The highest BCUT2D eigenvalue weighted by atomic mass is 16.4. The van der Waals surface area contributed by atoms with Crippen LogP contribution in [0.1, 0.15) is 50.3 Å². The Balaban J connectivity index is 2.44. The number of rotatable bonds is 6. The standard InChI is InChI=1S/C18H21NO5/c1-10(2)12-4-6-13(7-5-12)16-15(11(3)20)17(23)18(24)19(16)9-8-14(21)22/h4-7,10,16,23H,8-9H2,1-3H3,(H,21,22)/p-1. The van der Waals surface area contributed by atoms with Crippen molar-refractivity contribution in [1.82, 2.24) is 4.90 Å². The Morgan fingerprint density at radius 2 is 1.83 bits per heavy atom. The van der Waals surface area contributed by atoms with Gasteiger partial charge < -0.3 is 19.9 Å². The number of carbonyl (C=O) groups excluding carboxylic acids is 3. The summed E-state index contributed by atoms with van der Waals surface area (Å²) in [5, 5.41) is 20.8. The van der Waals surface area contributed by atoms with E-state index >= 15 is 0 Å². The van der Waals surface area contributed by atoms with E-state index in [4.69, 9.17) is 0 Å². The zero-order chi connectivity index (χ0) is 18.0. The van der Waals surface area contributed by atoms with E-state index in [1.165, 1.54) is 11.8 Å². The summed E-state index contributed by atoms with van der Waals surface area (Å²) in [5.74, 6) is -2.74. The van der Waals surface area contributed by atoms with Crippen molar-refractivity contribution < 1.29 is 24.6 Å². The number of carboxylic acids is 1. The number of aliphatic hydroxyl groups excluding tert-OH is 1. The van der Waals surface area contributed by atoms with Crippen LogP contribution in [0.2, 0.25) is 0 Å². The maximum Gasteiger partial charge on any atom is 0.290 e. The molecule has 1 aromatic carbocycles. The van der Waals surface area contributed by atoms with Crippen molar-refractivity contribution in [2.75, 3.05) is 6.54 Å². The number of amides is 1. The topological polar surface area (TPSA) is 97.7 Å². The second-order valence-electron chi connectivity index (χ2n) is 6.16. The number of aliphatic carboxylic acids is 1.